The Balaban J connectivity index is 0.739. The highest BCUT2D eigenvalue weighted by Crippen LogP contribution is 2.54. The summed E-state index contributed by atoms with van der Waals surface area (Å²) in [7, 11) is 0. The van der Waals surface area contributed by atoms with Gasteiger partial charge >= 0.3 is 0 Å². The van der Waals surface area contributed by atoms with E-state index in [2.05, 4.69) is 287 Å². The zero-order valence-corrected chi connectivity index (χ0v) is 51.2. The largest absolute Gasteiger partial charge is 0.456 e. The molecular formula is C84H57NO2S2. The number of hydrogen-bond acceptors (Lipinski definition) is 5. The molecule has 2 aliphatic carbocycles. The van der Waals surface area contributed by atoms with E-state index in [1.54, 1.807) is 0 Å². The summed E-state index contributed by atoms with van der Waals surface area (Å²) in [5.41, 5.74) is 23.3. The molecule has 0 saturated heterocycles. The van der Waals surface area contributed by atoms with E-state index in [0.29, 0.717) is 0 Å². The molecule has 422 valence electrons. The molecule has 1 unspecified atom stereocenters. The predicted molar refractivity (Wildman–Crippen MR) is 378 cm³/mol. The highest BCUT2D eigenvalue weighted by Gasteiger charge is 2.38. The normalized spacial score (nSPS) is 14.2. The molecule has 13 aromatic carbocycles. The Kier molecular flexibility index (Phi) is 10.7. The molecule has 0 spiro atoms. The van der Waals surface area contributed by atoms with E-state index in [0.717, 1.165) is 89.3 Å². The topological polar surface area (TPSA) is 29.5 Å². The fourth-order valence-electron chi connectivity index (χ4n) is 15.8. The summed E-state index contributed by atoms with van der Waals surface area (Å²) in [4.78, 5) is 2.42. The van der Waals surface area contributed by atoms with Crippen LogP contribution >= 0.6 is 22.7 Å². The molecule has 0 bridgehead atoms. The zero-order chi connectivity index (χ0) is 59.0. The predicted octanol–water partition coefficient (Wildman–Crippen LogP) is 24.5. The number of hydrogen-bond donors (Lipinski definition) is 0. The van der Waals surface area contributed by atoms with Crippen molar-refractivity contribution in [1.82, 2.24) is 0 Å². The third-order valence-corrected chi connectivity index (χ3v) is 22.5. The lowest BCUT2D eigenvalue weighted by Gasteiger charge is -2.28. The maximum absolute atomic E-state index is 7.26. The van der Waals surface area contributed by atoms with Gasteiger partial charge in [-0.05, 0) is 163 Å². The lowest BCUT2D eigenvalue weighted by molar-refractivity contribution is 0.657. The van der Waals surface area contributed by atoms with Gasteiger partial charge in [0.15, 0.2) is 0 Å². The molecule has 5 heteroatoms. The molecule has 0 aliphatic heterocycles. The standard InChI is InChI=1S/C84H57NO2S2/c1-83(2)70-22-12-8-18-56(70)58-33-27-50(42-72(58)83)66(51-28-34-64-62-20-10-14-24-77(62)88-79(64)43-51)38-48-26-32-61-69-41-52-40-68-60-36-30-54(45-75(60)86-76(68)47-67(52)81(49-16-6-5-7-17-49)82(69)87-74(61)39-48)85(55-31-37-65-63-21-11-15-25-78(63)89-80(65)46-55)53-29-35-59-57-19-9-13-23-71(57)84(3,4)73(59)44-53/h5-37,39-47,66H,38H2,1-4H3. The first kappa shape index (κ1) is 51.0. The maximum Gasteiger partial charge on any atom is 0.143 e. The number of benzene rings is 13. The molecule has 89 heavy (non-hydrogen) atoms. The van der Waals surface area contributed by atoms with Crippen LogP contribution in [0.5, 0.6) is 0 Å². The van der Waals surface area contributed by atoms with Crippen LogP contribution < -0.4 is 4.90 Å². The monoisotopic (exact) mass is 1180 g/mol. The first-order chi connectivity index (χ1) is 43.6. The van der Waals surface area contributed by atoms with E-state index in [4.69, 9.17) is 8.83 Å². The van der Waals surface area contributed by atoms with Gasteiger partial charge in [-0.1, -0.05) is 198 Å². The quantitative estimate of drug-likeness (QED) is 0.152. The Morgan fingerprint density at radius 1 is 0.348 bits per heavy atom. The van der Waals surface area contributed by atoms with Crippen LogP contribution in [-0.2, 0) is 17.3 Å². The highest BCUT2D eigenvalue weighted by molar-refractivity contribution is 7.26. The number of anilines is 3. The van der Waals surface area contributed by atoms with Gasteiger partial charge in [0.25, 0.3) is 0 Å². The van der Waals surface area contributed by atoms with Gasteiger partial charge in [0.2, 0.25) is 0 Å². The lowest BCUT2D eigenvalue weighted by atomic mass is 9.79. The minimum absolute atomic E-state index is 0.101. The molecular weight excluding hydrogens is 1120 g/mol. The molecule has 4 heterocycles. The molecule has 0 amide bonds. The molecule has 0 radical (unpaired) electrons. The third-order valence-electron chi connectivity index (χ3n) is 20.2. The fourth-order valence-corrected chi connectivity index (χ4v) is 18.1. The van der Waals surface area contributed by atoms with Gasteiger partial charge in [-0.3, -0.25) is 0 Å². The maximum atomic E-state index is 7.26. The van der Waals surface area contributed by atoms with Crippen LogP contribution in [0, 0.1) is 0 Å². The van der Waals surface area contributed by atoms with Gasteiger partial charge in [-0.15, -0.1) is 22.7 Å². The summed E-state index contributed by atoms with van der Waals surface area (Å²) in [6, 6.07) is 95.4. The molecule has 0 saturated carbocycles. The Morgan fingerprint density at radius 2 is 0.854 bits per heavy atom. The Bertz CT molecular complexity index is 5870. The molecule has 17 aromatic rings. The Hall–Kier alpha value is -10.0. The average Bonchev–Trinajstić information content (AvgIpc) is 1.79. The second-order valence-corrected chi connectivity index (χ2v) is 28.0. The number of nitrogens with zero attached hydrogens (tertiary/aromatic N) is 1. The first-order valence-electron chi connectivity index (χ1n) is 31.0. The lowest BCUT2D eigenvalue weighted by Crippen LogP contribution is -2.16. The molecule has 19 rings (SSSR count). The van der Waals surface area contributed by atoms with Crippen molar-refractivity contribution >= 4 is 135 Å². The summed E-state index contributed by atoms with van der Waals surface area (Å²) < 4.78 is 19.6. The summed E-state index contributed by atoms with van der Waals surface area (Å²) in [5, 5.41) is 11.8. The van der Waals surface area contributed by atoms with Crippen LogP contribution in [0.2, 0.25) is 0 Å². The van der Waals surface area contributed by atoms with E-state index in [9.17, 15) is 0 Å². The summed E-state index contributed by atoms with van der Waals surface area (Å²) in [6.07, 6.45) is 0.813. The summed E-state index contributed by atoms with van der Waals surface area (Å²) >= 11 is 3.75. The second-order valence-electron chi connectivity index (χ2n) is 25.9. The van der Waals surface area contributed by atoms with Gasteiger partial charge in [0.05, 0.1) is 0 Å². The van der Waals surface area contributed by atoms with Gasteiger partial charge in [-0.25, -0.2) is 0 Å². The number of rotatable bonds is 8. The first-order valence-corrected chi connectivity index (χ1v) is 32.7. The van der Waals surface area contributed by atoms with E-state index < -0.39 is 0 Å². The van der Waals surface area contributed by atoms with Crippen molar-refractivity contribution in [3.63, 3.8) is 0 Å². The Labute approximate surface area is 523 Å². The van der Waals surface area contributed by atoms with E-state index in [1.807, 2.05) is 22.7 Å². The van der Waals surface area contributed by atoms with Crippen LogP contribution in [0.3, 0.4) is 0 Å². The minimum atomic E-state index is -0.154. The van der Waals surface area contributed by atoms with Crippen LogP contribution in [0.4, 0.5) is 17.1 Å². The number of thiophene rings is 2. The third kappa shape index (κ3) is 7.56. The fraction of sp³-hybridized carbons (Fsp3) is 0.0952. The molecule has 4 aromatic heterocycles. The van der Waals surface area contributed by atoms with Crippen molar-refractivity contribution in [3.05, 3.63) is 294 Å². The number of furan rings is 2. The molecule has 0 fully saturated rings. The van der Waals surface area contributed by atoms with E-state index in [-0.39, 0.29) is 16.7 Å². The van der Waals surface area contributed by atoms with E-state index >= 15 is 0 Å². The van der Waals surface area contributed by atoms with Crippen molar-refractivity contribution in [1.29, 1.82) is 0 Å². The van der Waals surface area contributed by atoms with Crippen LogP contribution in [-0.4, -0.2) is 0 Å². The van der Waals surface area contributed by atoms with Crippen molar-refractivity contribution < 1.29 is 8.83 Å². The zero-order valence-electron chi connectivity index (χ0n) is 49.6. The van der Waals surface area contributed by atoms with Crippen molar-refractivity contribution in [2.24, 2.45) is 0 Å². The van der Waals surface area contributed by atoms with Gasteiger partial charge in [0.1, 0.15) is 22.3 Å². The molecule has 3 nitrogen and oxygen atoms in total. The van der Waals surface area contributed by atoms with Gasteiger partial charge in [0, 0.05) is 107 Å². The van der Waals surface area contributed by atoms with Crippen molar-refractivity contribution in [3.8, 4) is 33.4 Å². The van der Waals surface area contributed by atoms with Crippen molar-refractivity contribution in [2.75, 3.05) is 4.90 Å². The number of fused-ring (bicyclic) bond motifs is 19. The summed E-state index contributed by atoms with van der Waals surface area (Å²) in [6.45, 7) is 9.49. The van der Waals surface area contributed by atoms with Gasteiger partial charge in [-0.2, -0.15) is 0 Å². The van der Waals surface area contributed by atoms with Gasteiger partial charge < -0.3 is 13.7 Å². The SMILES string of the molecule is CC1(C)c2ccccc2-c2ccc(C(Cc3ccc4c(c3)oc3c(-c5ccccc5)c5cc6oc7cc(N(c8ccc9c(c8)C(C)(C)c8ccccc8-9)c8ccc9c(c8)sc8ccccc89)ccc7c6cc5cc34)c3ccc4c(c3)sc3ccccc34)cc21. The van der Waals surface area contributed by atoms with Crippen molar-refractivity contribution in [2.45, 2.75) is 50.9 Å². The smallest absolute Gasteiger partial charge is 0.143 e. The van der Waals surface area contributed by atoms with Crippen LogP contribution in [0.25, 0.3) is 128 Å². The second kappa shape index (κ2) is 18.7. The Morgan fingerprint density at radius 3 is 1.60 bits per heavy atom. The summed E-state index contributed by atoms with van der Waals surface area (Å²) in [5.74, 6) is 0.101. The molecule has 1 atom stereocenters. The van der Waals surface area contributed by atoms with Crippen LogP contribution in [0.1, 0.15) is 72.6 Å². The average molecular weight is 1180 g/mol. The highest BCUT2D eigenvalue weighted by atomic mass is 32.1. The molecule has 0 N–H and O–H groups in total. The molecule has 2 aliphatic rings. The van der Waals surface area contributed by atoms with Crippen LogP contribution in [0.15, 0.2) is 264 Å². The van der Waals surface area contributed by atoms with E-state index in [1.165, 1.54) is 102 Å². The minimum Gasteiger partial charge on any atom is -0.456 e.